The molecule has 1 saturated carbocycles. The number of rotatable bonds is 6. The number of ketones is 1. The van der Waals surface area contributed by atoms with Gasteiger partial charge in [-0.05, 0) is 38.0 Å². The molecule has 5 nitrogen and oxygen atoms in total. The largest absolute Gasteiger partial charge is 0.358 e. The molecule has 1 N–H and O–H groups in total. The number of thioether (sulfide) groups is 1. The predicted molar refractivity (Wildman–Crippen MR) is 111 cm³/mol. The molecule has 1 aliphatic rings. The van der Waals surface area contributed by atoms with Gasteiger partial charge >= 0.3 is 0 Å². The average molecular weight is 388 g/mol. The fourth-order valence-corrected chi connectivity index (χ4v) is 4.47. The predicted octanol–water partition coefficient (Wildman–Crippen LogP) is 4.91. The first-order chi connectivity index (χ1) is 13.7. The molecule has 2 aromatic carbocycles. The smallest absolute Gasteiger partial charge is 0.196 e. The number of hydrogen-bond donors (Lipinski definition) is 1. The van der Waals surface area contributed by atoms with Gasteiger partial charge in [0.25, 0.3) is 0 Å². The standard InChI is InChI=1S/C22H20N4OS/c1-14-20(17-9-5-6-10-18(17)23-14)19(27)13-28-22-25-24-21(15-11-12-15)26(22)16-7-3-2-4-8-16/h2-10,15,23H,11-13H2,1H3. The summed E-state index contributed by atoms with van der Waals surface area (Å²) in [6, 6.07) is 18.1. The Kier molecular flexibility index (Phi) is 4.28. The van der Waals surface area contributed by atoms with E-state index in [9.17, 15) is 4.79 Å². The summed E-state index contributed by atoms with van der Waals surface area (Å²) in [7, 11) is 0. The van der Waals surface area contributed by atoms with E-state index >= 15 is 0 Å². The monoisotopic (exact) mass is 388 g/mol. The van der Waals surface area contributed by atoms with Crippen molar-refractivity contribution >= 4 is 28.4 Å². The van der Waals surface area contributed by atoms with Crippen molar-refractivity contribution in [3.8, 4) is 5.69 Å². The molecule has 1 fully saturated rings. The van der Waals surface area contributed by atoms with E-state index in [0.29, 0.717) is 11.7 Å². The molecule has 0 unspecified atom stereocenters. The van der Waals surface area contributed by atoms with Crippen LogP contribution < -0.4 is 0 Å². The third-order valence-electron chi connectivity index (χ3n) is 5.12. The Balaban J connectivity index is 1.44. The van der Waals surface area contributed by atoms with Crippen molar-refractivity contribution in [3.05, 3.63) is 71.7 Å². The molecule has 0 bridgehead atoms. The van der Waals surface area contributed by atoms with Crippen molar-refractivity contribution in [2.45, 2.75) is 30.8 Å². The number of hydrogen-bond acceptors (Lipinski definition) is 4. The van der Waals surface area contributed by atoms with Crippen LogP contribution in [0.2, 0.25) is 0 Å². The zero-order valence-electron chi connectivity index (χ0n) is 15.6. The zero-order chi connectivity index (χ0) is 19.1. The van der Waals surface area contributed by atoms with Gasteiger partial charge in [0.05, 0.1) is 5.75 Å². The highest BCUT2D eigenvalue weighted by atomic mass is 32.2. The Hall–Kier alpha value is -2.86. The molecule has 0 amide bonds. The van der Waals surface area contributed by atoms with Gasteiger partial charge in [-0.2, -0.15) is 0 Å². The maximum Gasteiger partial charge on any atom is 0.196 e. The van der Waals surface area contributed by atoms with Crippen molar-refractivity contribution in [1.82, 2.24) is 19.7 Å². The second-order valence-electron chi connectivity index (χ2n) is 7.17. The fraction of sp³-hybridized carbons (Fsp3) is 0.227. The SMILES string of the molecule is Cc1[nH]c2ccccc2c1C(=O)CSc1nnc(C2CC2)n1-c1ccccc1. The molecule has 0 aliphatic heterocycles. The molecule has 140 valence electrons. The van der Waals surface area contributed by atoms with Crippen LogP contribution in [0.25, 0.3) is 16.6 Å². The Labute approximate surface area is 167 Å². The number of carbonyl (C=O) groups is 1. The number of H-pyrrole nitrogens is 1. The number of aromatic nitrogens is 4. The van der Waals surface area contributed by atoms with Crippen LogP contribution in [0.4, 0.5) is 0 Å². The summed E-state index contributed by atoms with van der Waals surface area (Å²) in [5.74, 6) is 1.92. The summed E-state index contributed by atoms with van der Waals surface area (Å²) >= 11 is 1.46. The summed E-state index contributed by atoms with van der Waals surface area (Å²) in [6.07, 6.45) is 2.31. The lowest BCUT2D eigenvalue weighted by Crippen LogP contribution is -2.06. The minimum atomic E-state index is 0.107. The Bertz CT molecular complexity index is 1160. The minimum absolute atomic E-state index is 0.107. The topological polar surface area (TPSA) is 63.6 Å². The molecule has 0 spiro atoms. The van der Waals surface area contributed by atoms with Crippen LogP contribution in [0, 0.1) is 6.92 Å². The van der Waals surface area contributed by atoms with Crippen LogP contribution >= 0.6 is 11.8 Å². The number of nitrogens with zero attached hydrogens (tertiary/aromatic N) is 3. The maximum absolute atomic E-state index is 13.0. The first-order valence-corrected chi connectivity index (χ1v) is 10.4. The van der Waals surface area contributed by atoms with Crippen molar-refractivity contribution in [2.75, 3.05) is 5.75 Å². The zero-order valence-corrected chi connectivity index (χ0v) is 16.4. The van der Waals surface area contributed by atoms with Crippen LogP contribution in [0.15, 0.2) is 59.8 Å². The van der Waals surface area contributed by atoms with Crippen molar-refractivity contribution in [3.63, 3.8) is 0 Å². The maximum atomic E-state index is 13.0. The molecule has 0 atom stereocenters. The van der Waals surface area contributed by atoms with Gasteiger partial charge < -0.3 is 4.98 Å². The Morgan fingerprint density at radius 3 is 2.64 bits per heavy atom. The Morgan fingerprint density at radius 1 is 1.11 bits per heavy atom. The number of Topliss-reactive ketones (excluding diaryl/α,β-unsaturated/α-hetero) is 1. The summed E-state index contributed by atoms with van der Waals surface area (Å²) in [4.78, 5) is 16.3. The summed E-state index contributed by atoms with van der Waals surface area (Å²) in [5.41, 5.74) is 3.73. The molecule has 1 aliphatic carbocycles. The highest BCUT2D eigenvalue weighted by Crippen LogP contribution is 2.41. The molecule has 4 aromatic rings. The summed E-state index contributed by atoms with van der Waals surface area (Å²) in [5, 5.41) is 10.6. The minimum Gasteiger partial charge on any atom is -0.358 e. The third kappa shape index (κ3) is 3.03. The highest BCUT2D eigenvalue weighted by Gasteiger charge is 2.31. The van der Waals surface area contributed by atoms with Gasteiger partial charge in [-0.15, -0.1) is 10.2 Å². The number of aromatic amines is 1. The average Bonchev–Trinajstić information content (AvgIpc) is 3.38. The van der Waals surface area contributed by atoms with Gasteiger partial charge in [0.1, 0.15) is 5.82 Å². The third-order valence-corrected chi connectivity index (χ3v) is 6.05. The van der Waals surface area contributed by atoms with E-state index in [1.165, 1.54) is 11.8 Å². The van der Waals surface area contributed by atoms with Crippen LogP contribution in [0.3, 0.4) is 0 Å². The second-order valence-corrected chi connectivity index (χ2v) is 8.11. The molecule has 2 heterocycles. The summed E-state index contributed by atoms with van der Waals surface area (Å²) in [6.45, 7) is 1.95. The van der Waals surface area contributed by atoms with Crippen LogP contribution in [-0.2, 0) is 0 Å². The van der Waals surface area contributed by atoms with Crippen LogP contribution in [0.1, 0.15) is 40.6 Å². The van der Waals surface area contributed by atoms with Gasteiger partial charge in [0.15, 0.2) is 10.9 Å². The number of fused-ring (bicyclic) bond motifs is 1. The van der Waals surface area contributed by atoms with Gasteiger partial charge in [-0.1, -0.05) is 48.2 Å². The molecule has 6 heteroatoms. The number of aryl methyl sites for hydroxylation is 1. The van der Waals surface area contributed by atoms with E-state index in [-0.39, 0.29) is 5.78 Å². The number of para-hydroxylation sites is 2. The van der Waals surface area contributed by atoms with Gasteiger partial charge in [-0.25, -0.2) is 0 Å². The van der Waals surface area contributed by atoms with Gasteiger partial charge in [-0.3, -0.25) is 9.36 Å². The second kappa shape index (κ2) is 6.95. The fourth-order valence-electron chi connectivity index (χ4n) is 3.64. The molecule has 0 radical (unpaired) electrons. The molecule has 2 aromatic heterocycles. The quantitative estimate of drug-likeness (QED) is 0.377. The highest BCUT2D eigenvalue weighted by molar-refractivity contribution is 7.99. The number of carbonyl (C=O) groups excluding carboxylic acids is 1. The van der Waals surface area contributed by atoms with E-state index in [0.717, 1.165) is 51.7 Å². The van der Waals surface area contributed by atoms with Crippen molar-refractivity contribution in [2.24, 2.45) is 0 Å². The van der Waals surface area contributed by atoms with Crippen LogP contribution in [-0.4, -0.2) is 31.3 Å². The lowest BCUT2D eigenvalue weighted by atomic mass is 10.1. The van der Waals surface area contributed by atoms with Crippen molar-refractivity contribution in [1.29, 1.82) is 0 Å². The Morgan fingerprint density at radius 2 is 1.86 bits per heavy atom. The van der Waals surface area contributed by atoms with E-state index in [2.05, 4.69) is 31.9 Å². The lowest BCUT2D eigenvalue weighted by Gasteiger charge is -2.09. The molecule has 28 heavy (non-hydrogen) atoms. The van der Waals surface area contributed by atoms with Crippen LogP contribution in [0.5, 0.6) is 0 Å². The van der Waals surface area contributed by atoms with Crippen molar-refractivity contribution < 1.29 is 4.79 Å². The van der Waals surface area contributed by atoms with Gasteiger partial charge in [0.2, 0.25) is 0 Å². The molecule has 0 saturated heterocycles. The summed E-state index contributed by atoms with van der Waals surface area (Å²) < 4.78 is 2.11. The van der Waals surface area contributed by atoms with Gasteiger partial charge in [0, 0.05) is 33.8 Å². The normalized spacial score (nSPS) is 13.9. The van der Waals surface area contributed by atoms with E-state index in [4.69, 9.17) is 0 Å². The number of benzene rings is 2. The van der Waals surface area contributed by atoms with E-state index in [1.807, 2.05) is 49.4 Å². The number of nitrogens with one attached hydrogen (secondary N) is 1. The molecular weight excluding hydrogens is 368 g/mol. The molecular formula is C22H20N4OS. The lowest BCUT2D eigenvalue weighted by molar-refractivity contribution is 0.102. The first-order valence-electron chi connectivity index (χ1n) is 9.46. The van der Waals surface area contributed by atoms with E-state index in [1.54, 1.807) is 0 Å². The first kappa shape index (κ1) is 17.3. The van der Waals surface area contributed by atoms with E-state index < -0.39 is 0 Å². The molecule has 5 rings (SSSR count).